The van der Waals surface area contributed by atoms with E-state index in [4.69, 9.17) is 16.3 Å². The second-order valence-corrected chi connectivity index (χ2v) is 6.34. The van der Waals surface area contributed by atoms with Crippen molar-refractivity contribution in [2.75, 3.05) is 6.61 Å². The summed E-state index contributed by atoms with van der Waals surface area (Å²) >= 11 is 12.8. The van der Waals surface area contributed by atoms with Crippen LogP contribution >= 0.6 is 43.5 Å². The Hall–Kier alpha value is -0.580. The predicted octanol–water partition coefficient (Wildman–Crippen LogP) is 6.12. The molecule has 20 heavy (non-hydrogen) atoms. The number of halogens is 4. The van der Waals surface area contributed by atoms with Crippen molar-refractivity contribution in [1.82, 2.24) is 0 Å². The van der Waals surface area contributed by atoms with Crippen LogP contribution in [0.1, 0.15) is 22.9 Å². The van der Waals surface area contributed by atoms with Gasteiger partial charge in [-0.15, -0.1) is 0 Å². The SMILES string of the molecule is CCOc1ccc(C(Br)c2ccc(Cl)c(F)c2)cc1Br. The van der Waals surface area contributed by atoms with Crippen LogP contribution in [0.15, 0.2) is 40.9 Å². The van der Waals surface area contributed by atoms with E-state index < -0.39 is 5.82 Å². The van der Waals surface area contributed by atoms with E-state index in [0.717, 1.165) is 21.3 Å². The number of alkyl halides is 1. The van der Waals surface area contributed by atoms with E-state index in [0.29, 0.717) is 6.61 Å². The van der Waals surface area contributed by atoms with Gasteiger partial charge in [0.25, 0.3) is 0 Å². The van der Waals surface area contributed by atoms with Crippen molar-refractivity contribution in [1.29, 1.82) is 0 Å². The summed E-state index contributed by atoms with van der Waals surface area (Å²) in [6.45, 7) is 2.54. The summed E-state index contributed by atoms with van der Waals surface area (Å²) in [5, 5.41) is 0.126. The molecule has 2 aromatic carbocycles. The molecule has 0 spiro atoms. The fourth-order valence-electron chi connectivity index (χ4n) is 1.81. The van der Waals surface area contributed by atoms with Crippen LogP contribution in [0.25, 0.3) is 0 Å². The maximum atomic E-state index is 13.5. The molecule has 0 saturated carbocycles. The molecular weight excluding hydrogens is 410 g/mol. The lowest BCUT2D eigenvalue weighted by molar-refractivity contribution is 0.338. The minimum absolute atomic E-state index is 0.110. The summed E-state index contributed by atoms with van der Waals surface area (Å²) < 4.78 is 19.9. The van der Waals surface area contributed by atoms with E-state index >= 15 is 0 Å². The molecule has 0 radical (unpaired) electrons. The molecule has 0 heterocycles. The van der Waals surface area contributed by atoms with E-state index in [1.807, 2.05) is 25.1 Å². The highest BCUT2D eigenvalue weighted by Crippen LogP contribution is 2.36. The minimum Gasteiger partial charge on any atom is -0.493 e. The van der Waals surface area contributed by atoms with E-state index in [2.05, 4.69) is 31.9 Å². The number of ether oxygens (including phenoxy) is 1. The summed E-state index contributed by atoms with van der Waals surface area (Å²) in [7, 11) is 0. The monoisotopic (exact) mass is 420 g/mol. The molecule has 0 aliphatic rings. The summed E-state index contributed by atoms with van der Waals surface area (Å²) in [5.74, 6) is 0.372. The maximum Gasteiger partial charge on any atom is 0.142 e. The zero-order chi connectivity index (χ0) is 14.7. The van der Waals surface area contributed by atoms with Crippen molar-refractivity contribution in [3.05, 3.63) is 62.8 Å². The van der Waals surface area contributed by atoms with Gasteiger partial charge >= 0.3 is 0 Å². The lowest BCUT2D eigenvalue weighted by Crippen LogP contribution is -1.96. The molecule has 1 unspecified atom stereocenters. The zero-order valence-electron chi connectivity index (χ0n) is 10.7. The van der Waals surface area contributed by atoms with Crippen LogP contribution in [-0.4, -0.2) is 6.61 Å². The Morgan fingerprint density at radius 2 is 1.85 bits per heavy atom. The van der Waals surface area contributed by atoms with Crippen LogP contribution in [0, 0.1) is 5.82 Å². The van der Waals surface area contributed by atoms with E-state index in [9.17, 15) is 4.39 Å². The minimum atomic E-state index is -0.418. The summed E-state index contributed by atoms with van der Waals surface area (Å²) in [4.78, 5) is -0.110. The lowest BCUT2D eigenvalue weighted by atomic mass is 10.0. The van der Waals surface area contributed by atoms with Crippen LogP contribution in [0.2, 0.25) is 5.02 Å². The van der Waals surface area contributed by atoms with Gasteiger partial charge in [0.1, 0.15) is 11.6 Å². The highest BCUT2D eigenvalue weighted by Gasteiger charge is 2.14. The Morgan fingerprint density at radius 1 is 1.20 bits per heavy atom. The molecule has 5 heteroatoms. The Bertz CT molecular complexity index is 619. The molecule has 0 aliphatic carbocycles. The molecule has 0 N–H and O–H groups in total. The normalized spacial score (nSPS) is 12.2. The largest absolute Gasteiger partial charge is 0.493 e. The molecule has 0 fully saturated rings. The molecule has 0 amide bonds. The highest BCUT2D eigenvalue weighted by molar-refractivity contribution is 9.10. The van der Waals surface area contributed by atoms with Crippen LogP contribution in [0.5, 0.6) is 5.75 Å². The highest BCUT2D eigenvalue weighted by atomic mass is 79.9. The molecular formula is C15H12Br2ClFO. The first-order valence-electron chi connectivity index (χ1n) is 6.04. The molecule has 0 aliphatic heterocycles. The summed E-state index contributed by atoms with van der Waals surface area (Å²) in [5.41, 5.74) is 1.81. The van der Waals surface area contributed by atoms with Gasteiger partial charge in [-0.1, -0.05) is 39.7 Å². The summed E-state index contributed by atoms with van der Waals surface area (Å²) in [6, 6.07) is 10.6. The van der Waals surface area contributed by atoms with E-state index in [1.165, 1.54) is 6.07 Å². The predicted molar refractivity (Wildman–Crippen MR) is 87.5 cm³/mol. The van der Waals surface area contributed by atoms with Gasteiger partial charge in [-0.3, -0.25) is 0 Å². The van der Waals surface area contributed by atoms with Gasteiger partial charge in [0.15, 0.2) is 0 Å². The summed E-state index contributed by atoms with van der Waals surface area (Å²) in [6.07, 6.45) is 0. The molecule has 1 nitrogen and oxygen atoms in total. The zero-order valence-corrected chi connectivity index (χ0v) is 14.6. The molecule has 0 aromatic heterocycles. The van der Waals surface area contributed by atoms with Crippen LogP contribution < -0.4 is 4.74 Å². The number of hydrogen-bond donors (Lipinski definition) is 0. The fourth-order valence-corrected chi connectivity index (χ4v) is 3.01. The Morgan fingerprint density at radius 3 is 2.45 bits per heavy atom. The van der Waals surface area contributed by atoms with Gasteiger partial charge < -0.3 is 4.74 Å². The smallest absolute Gasteiger partial charge is 0.142 e. The Labute approximate surface area is 139 Å². The van der Waals surface area contributed by atoms with Crippen LogP contribution in [-0.2, 0) is 0 Å². The lowest BCUT2D eigenvalue weighted by Gasteiger charge is -2.13. The first kappa shape index (κ1) is 15.8. The average Bonchev–Trinajstić information content (AvgIpc) is 2.43. The molecule has 106 valence electrons. The van der Waals surface area contributed by atoms with E-state index in [1.54, 1.807) is 12.1 Å². The van der Waals surface area contributed by atoms with Gasteiger partial charge in [-0.2, -0.15) is 0 Å². The fraction of sp³-hybridized carbons (Fsp3) is 0.200. The quantitative estimate of drug-likeness (QED) is 0.539. The third-order valence-corrected chi connectivity index (χ3v) is 4.77. The molecule has 0 bridgehead atoms. The third-order valence-electron chi connectivity index (χ3n) is 2.78. The van der Waals surface area contributed by atoms with Crippen LogP contribution in [0.3, 0.4) is 0 Å². The van der Waals surface area contributed by atoms with Crippen molar-refractivity contribution in [3.8, 4) is 5.75 Å². The topological polar surface area (TPSA) is 9.23 Å². The van der Waals surface area contributed by atoms with Crippen molar-refractivity contribution >= 4 is 43.5 Å². The van der Waals surface area contributed by atoms with Gasteiger partial charge in [0, 0.05) is 0 Å². The van der Waals surface area contributed by atoms with Crippen LogP contribution in [0.4, 0.5) is 4.39 Å². The number of hydrogen-bond acceptors (Lipinski definition) is 1. The second kappa shape index (κ2) is 6.92. The van der Waals surface area contributed by atoms with Crippen molar-refractivity contribution < 1.29 is 9.13 Å². The molecule has 1 atom stereocenters. The Kier molecular flexibility index (Phi) is 5.47. The van der Waals surface area contributed by atoms with Gasteiger partial charge in [0.05, 0.1) is 20.9 Å². The van der Waals surface area contributed by atoms with Crippen molar-refractivity contribution in [2.45, 2.75) is 11.8 Å². The van der Waals surface area contributed by atoms with Gasteiger partial charge in [-0.05, 0) is 58.2 Å². The average molecular weight is 423 g/mol. The first-order valence-corrected chi connectivity index (χ1v) is 8.13. The number of rotatable bonds is 4. The first-order chi connectivity index (χ1) is 9.52. The third kappa shape index (κ3) is 3.54. The Balaban J connectivity index is 2.30. The van der Waals surface area contributed by atoms with Crippen molar-refractivity contribution in [2.24, 2.45) is 0 Å². The number of benzene rings is 2. The molecule has 2 rings (SSSR count). The van der Waals surface area contributed by atoms with E-state index in [-0.39, 0.29) is 9.85 Å². The van der Waals surface area contributed by atoms with Gasteiger partial charge in [-0.25, -0.2) is 4.39 Å². The standard InChI is InChI=1S/C15H12Br2ClFO/c1-2-20-14-6-4-9(7-11(14)16)15(17)10-3-5-12(18)13(19)8-10/h3-8,15H,2H2,1H3. The van der Waals surface area contributed by atoms with Crippen molar-refractivity contribution in [3.63, 3.8) is 0 Å². The van der Waals surface area contributed by atoms with Gasteiger partial charge in [0.2, 0.25) is 0 Å². The molecule has 0 saturated heterocycles. The second-order valence-electron chi connectivity index (χ2n) is 4.16. The maximum absolute atomic E-state index is 13.5. The molecule has 2 aromatic rings.